The van der Waals surface area contributed by atoms with Gasteiger partial charge in [0.1, 0.15) is 5.75 Å². The van der Waals surface area contributed by atoms with E-state index in [9.17, 15) is 4.79 Å². The normalized spacial score (nSPS) is 10.4. The first-order valence-corrected chi connectivity index (χ1v) is 8.30. The Bertz CT molecular complexity index is 748. The van der Waals surface area contributed by atoms with Crippen molar-refractivity contribution in [1.29, 1.82) is 0 Å². The molecule has 6 heteroatoms. The first kappa shape index (κ1) is 18.4. The summed E-state index contributed by atoms with van der Waals surface area (Å²) in [5.41, 5.74) is 3.45. The molecule has 0 aliphatic rings. The minimum atomic E-state index is -0.0856. The predicted molar refractivity (Wildman–Crippen MR) is 101 cm³/mol. The summed E-state index contributed by atoms with van der Waals surface area (Å²) in [5, 5.41) is 7.31. The van der Waals surface area contributed by atoms with Gasteiger partial charge in [0.25, 0.3) is 0 Å². The van der Waals surface area contributed by atoms with Crippen molar-refractivity contribution in [2.45, 2.75) is 20.3 Å². The van der Waals surface area contributed by atoms with Crippen molar-refractivity contribution in [1.82, 2.24) is 0 Å². The molecule has 4 nitrogen and oxygen atoms in total. The molecule has 0 aliphatic heterocycles. The average molecular weight is 367 g/mol. The molecule has 0 saturated carbocycles. The third-order valence-corrected chi connectivity index (χ3v) is 4.26. The van der Waals surface area contributed by atoms with Gasteiger partial charge in [-0.25, -0.2) is 0 Å². The lowest BCUT2D eigenvalue weighted by atomic mass is 10.2. The monoisotopic (exact) mass is 366 g/mol. The Balaban J connectivity index is 1.93. The van der Waals surface area contributed by atoms with Gasteiger partial charge >= 0.3 is 0 Å². The molecule has 0 unspecified atom stereocenters. The maximum absolute atomic E-state index is 12.1. The Morgan fingerprint density at radius 1 is 1.08 bits per heavy atom. The van der Waals surface area contributed by atoms with Gasteiger partial charge in [0.2, 0.25) is 5.91 Å². The van der Waals surface area contributed by atoms with Gasteiger partial charge in [-0.3, -0.25) is 4.79 Å². The molecule has 2 N–H and O–H groups in total. The standard InChI is InChI=1S/C18H20Cl2N2O2/c1-11-4-5-13(19)9-15(11)22-18(23)6-7-21-16-8-12(2)14(20)10-17(16)24-3/h4-5,8-10,21H,6-7H2,1-3H3,(H,22,23). The molecule has 0 spiro atoms. The summed E-state index contributed by atoms with van der Waals surface area (Å²) >= 11 is 12.0. The highest BCUT2D eigenvalue weighted by atomic mass is 35.5. The van der Waals surface area contributed by atoms with Crippen LogP contribution in [0.2, 0.25) is 10.0 Å². The minimum Gasteiger partial charge on any atom is -0.495 e. The zero-order chi connectivity index (χ0) is 17.7. The number of benzene rings is 2. The lowest BCUT2D eigenvalue weighted by Gasteiger charge is -2.13. The summed E-state index contributed by atoms with van der Waals surface area (Å²) in [6.45, 7) is 4.32. The topological polar surface area (TPSA) is 50.4 Å². The largest absolute Gasteiger partial charge is 0.495 e. The van der Waals surface area contributed by atoms with Gasteiger partial charge < -0.3 is 15.4 Å². The van der Waals surface area contributed by atoms with Crippen LogP contribution in [0.3, 0.4) is 0 Å². The first-order chi connectivity index (χ1) is 11.4. The van der Waals surface area contributed by atoms with Crippen LogP contribution in [0.1, 0.15) is 17.5 Å². The molecule has 2 aromatic rings. The molecule has 0 atom stereocenters. The zero-order valence-electron chi connectivity index (χ0n) is 13.9. The van der Waals surface area contributed by atoms with E-state index >= 15 is 0 Å². The van der Waals surface area contributed by atoms with Crippen LogP contribution >= 0.6 is 23.2 Å². The highest BCUT2D eigenvalue weighted by molar-refractivity contribution is 6.31. The summed E-state index contributed by atoms with van der Waals surface area (Å²) < 4.78 is 5.30. The van der Waals surface area contributed by atoms with Crippen LogP contribution in [0.25, 0.3) is 0 Å². The fourth-order valence-electron chi connectivity index (χ4n) is 2.22. The number of hydrogen-bond acceptors (Lipinski definition) is 3. The van der Waals surface area contributed by atoms with Crippen molar-refractivity contribution in [3.63, 3.8) is 0 Å². The van der Waals surface area contributed by atoms with E-state index in [0.717, 1.165) is 22.5 Å². The Hall–Kier alpha value is -1.91. The van der Waals surface area contributed by atoms with Gasteiger partial charge in [0, 0.05) is 34.8 Å². The van der Waals surface area contributed by atoms with Crippen LogP contribution in [0, 0.1) is 13.8 Å². The zero-order valence-corrected chi connectivity index (χ0v) is 15.4. The predicted octanol–water partition coefficient (Wildman–Crippen LogP) is 5.06. The third kappa shape index (κ3) is 4.79. The second-order valence-corrected chi connectivity index (χ2v) is 6.33. The minimum absolute atomic E-state index is 0.0856. The SMILES string of the molecule is COc1cc(Cl)c(C)cc1NCCC(=O)Nc1cc(Cl)ccc1C. The molecule has 0 bridgehead atoms. The number of halogens is 2. The fraction of sp³-hybridized carbons (Fsp3) is 0.278. The molecule has 0 heterocycles. The number of methoxy groups -OCH3 is 1. The lowest BCUT2D eigenvalue weighted by Crippen LogP contribution is -2.17. The van der Waals surface area contributed by atoms with Gasteiger partial charge in [0.05, 0.1) is 12.8 Å². The van der Waals surface area contributed by atoms with Crippen molar-refractivity contribution in [3.8, 4) is 5.75 Å². The van der Waals surface area contributed by atoms with Gasteiger partial charge in [-0.15, -0.1) is 0 Å². The molecule has 1 amide bonds. The quantitative estimate of drug-likeness (QED) is 0.750. The van der Waals surface area contributed by atoms with Crippen LogP contribution < -0.4 is 15.4 Å². The Morgan fingerprint density at radius 3 is 2.54 bits per heavy atom. The Kier molecular flexibility index (Phi) is 6.35. The molecule has 2 aromatic carbocycles. The van der Waals surface area contributed by atoms with Crippen molar-refractivity contribution < 1.29 is 9.53 Å². The average Bonchev–Trinajstić information content (AvgIpc) is 2.54. The Morgan fingerprint density at radius 2 is 1.83 bits per heavy atom. The number of amides is 1. The maximum atomic E-state index is 12.1. The number of aryl methyl sites for hydroxylation is 2. The fourth-order valence-corrected chi connectivity index (χ4v) is 2.55. The molecule has 128 valence electrons. The molecule has 0 radical (unpaired) electrons. The molecule has 0 aliphatic carbocycles. The molecule has 2 rings (SSSR count). The van der Waals surface area contributed by atoms with Crippen LogP contribution in [0.15, 0.2) is 30.3 Å². The number of rotatable bonds is 6. The van der Waals surface area contributed by atoms with Gasteiger partial charge in [-0.05, 0) is 43.2 Å². The number of carbonyl (C=O) groups excluding carboxylic acids is 1. The van der Waals surface area contributed by atoms with Crippen molar-refractivity contribution in [3.05, 3.63) is 51.5 Å². The van der Waals surface area contributed by atoms with E-state index in [2.05, 4.69) is 10.6 Å². The van der Waals surface area contributed by atoms with E-state index in [4.69, 9.17) is 27.9 Å². The van der Waals surface area contributed by atoms with Gasteiger partial charge in [-0.1, -0.05) is 29.3 Å². The van der Waals surface area contributed by atoms with Gasteiger partial charge in [0.15, 0.2) is 0 Å². The summed E-state index contributed by atoms with van der Waals surface area (Å²) in [4.78, 5) is 12.1. The second kappa shape index (κ2) is 8.27. The number of hydrogen-bond donors (Lipinski definition) is 2. The summed E-state index contributed by atoms with van der Waals surface area (Å²) in [6, 6.07) is 9.07. The third-order valence-electron chi connectivity index (χ3n) is 3.62. The number of nitrogens with one attached hydrogen (secondary N) is 2. The smallest absolute Gasteiger partial charge is 0.226 e. The van der Waals surface area contributed by atoms with Crippen LogP contribution in [-0.4, -0.2) is 19.6 Å². The van der Waals surface area contributed by atoms with E-state index in [0.29, 0.717) is 28.8 Å². The first-order valence-electron chi connectivity index (χ1n) is 7.54. The van der Waals surface area contributed by atoms with Crippen LogP contribution in [0.5, 0.6) is 5.75 Å². The van der Waals surface area contributed by atoms with Crippen molar-refractivity contribution in [2.75, 3.05) is 24.3 Å². The number of carbonyl (C=O) groups is 1. The molecule has 0 fully saturated rings. The summed E-state index contributed by atoms with van der Waals surface area (Å²) in [7, 11) is 1.58. The highest BCUT2D eigenvalue weighted by Gasteiger charge is 2.09. The van der Waals surface area contributed by atoms with E-state index in [-0.39, 0.29) is 5.91 Å². The maximum Gasteiger partial charge on any atom is 0.226 e. The summed E-state index contributed by atoms with van der Waals surface area (Å²) in [6.07, 6.45) is 0.316. The lowest BCUT2D eigenvalue weighted by molar-refractivity contribution is -0.115. The van der Waals surface area contributed by atoms with E-state index < -0.39 is 0 Å². The molecule has 24 heavy (non-hydrogen) atoms. The molecular weight excluding hydrogens is 347 g/mol. The van der Waals surface area contributed by atoms with Crippen LogP contribution in [-0.2, 0) is 4.79 Å². The highest BCUT2D eigenvalue weighted by Crippen LogP contribution is 2.30. The second-order valence-electron chi connectivity index (χ2n) is 5.49. The van der Waals surface area contributed by atoms with Crippen LogP contribution in [0.4, 0.5) is 11.4 Å². The van der Waals surface area contributed by atoms with Crippen molar-refractivity contribution >= 4 is 40.5 Å². The van der Waals surface area contributed by atoms with E-state index in [1.165, 1.54) is 0 Å². The van der Waals surface area contributed by atoms with E-state index in [1.54, 1.807) is 25.3 Å². The number of anilines is 2. The van der Waals surface area contributed by atoms with E-state index in [1.807, 2.05) is 26.0 Å². The number of ether oxygens (including phenoxy) is 1. The summed E-state index contributed by atoms with van der Waals surface area (Å²) in [5.74, 6) is 0.564. The molecular formula is C18H20Cl2N2O2. The molecule has 0 saturated heterocycles. The molecule has 0 aromatic heterocycles. The van der Waals surface area contributed by atoms with Gasteiger partial charge in [-0.2, -0.15) is 0 Å². The Labute approximate surface area is 152 Å². The van der Waals surface area contributed by atoms with Crippen molar-refractivity contribution in [2.24, 2.45) is 0 Å².